The molecule has 0 saturated carbocycles. The molecule has 0 N–H and O–H groups in total. The SMILES string of the molecule is [2H]c1c([2H])c(-c2nc3c([2H])c(B4OC(C)(C)C(C)(C)O4)c([2H])c([2H])c3o2)c([2H])c(-n2c3c([2H])c([2H])c([2H])c([2H])c3c3c([2H])c([2H])c([2H])c([2H])c32)c1[2H]. The molecule has 1 fully saturated rings. The molecule has 6 heteroatoms. The molecule has 0 spiro atoms. The molecular formula is C31H27BN2O3. The third kappa shape index (κ3) is 3.44. The average molecular weight is 501 g/mol. The molecule has 0 amide bonds. The van der Waals surface area contributed by atoms with Gasteiger partial charge in [-0.2, -0.15) is 0 Å². The van der Waals surface area contributed by atoms with Crippen molar-refractivity contribution >= 4 is 45.5 Å². The van der Waals surface area contributed by atoms with Gasteiger partial charge >= 0.3 is 7.12 Å². The fourth-order valence-corrected chi connectivity index (χ4v) is 4.16. The van der Waals surface area contributed by atoms with E-state index in [0.717, 1.165) is 4.57 Å². The molecule has 3 heterocycles. The minimum Gasteiger partial charge on any atom is -0.436 e. The van der Waals surface area contributed by atoms with E-state index in [9.17, 15) is 1.37 Å². The van der Waals surface area contributed by atoms with Gasteiger partial charge in [0, 0.05) is 22.0 Å². The quantitative estimate of drug-likeness (QED) is 0.248. The lowest BCUT2D eigenvalue weighted by Gasteiger charge is -2.32. The Morgan fingerprint density at radius 3 is 2.08 bits per heavy atom. The lowest BCUT2D eigenvalue weighted by atomic mass is 9.79. The summed E-state index contributed by atoms with van der Waals surface area (Å²) < 4.78 is 149. The molecule has 4 aromatic carbocycles. The molecule has 37 heavy (non-hydrogen) atoms. The van der Waals surface area contributed by atoms with Crippen LogP contribution in [0.15, 0.2) is 95.1 Å². The van der Waals surface area contributed by atoms with Crippen LogP contribution >= 0.6 is 0 Å². The first-order chi connectivity index (χ1) is 24.1. The summed E-state index contributed by atoms with van der Waals surface area (Å²) in [6.45, 7) is 7.11. The second-order valence-electron chi connectivity index (χ2n) is 9.58. The van der Waals surface area contributed by atoms with Gasteiger partial charge in [0.2, 0.25) is 5.89 Å². The molecule has 7 rings (SSSR count). The summed E-state index contributed by atoms with van der Waals surface area (Å²) in [6, 6.07) is -9.91. The molecule has 1 saturated heterocycles. The van der Waals surface area contributed by atoms with Gasteiger partial charge in [0.15, 0.2) is 5.58 Å². The van der Waals surface area contributed by atoms with Crippen LogP contribution < -0.4 is 5.46 Å². The van der Waals surface area contributed by atoms with Gasteiger partial charge in [-0.05, 0) is 75.5 Å². The van der Waals surface area contributed by atoms with Gasteiger partial charge in [-0.1, -0.05) is 48.3 Å². The molecule has 0 radical (unpaired) electrons. The van der Waals surface area contributed by atoms with E-state index in [2.05, 4.69) is 4.98 Å². The smallest absolute Gasteiger partial charge is 0.436 e. The maximum absolute atomic E-state index is 9.32. The van der Waals surface area contributed by atoms with Gasteiger partial charge in [-0.15, -0.1) is 0 Å². The number of hydrogen-bond donors (Lipinski definition) is 0. The van der Waals surface area contributed by atoms with Crippen LogP contribution in [0.1, 0.15) is 48.3 Å². The average Bonchev–Trinajstić information content (AvgIpc) is 3.73. The summed E-state index contributed by atoms with van der Waals surface area (Å²) in [4.78, 5) is 4.34. The van der Waals surface area contributed by atoms with Crippen molar-refractivity contribution in [1.29, 1.82) is 0 Å². The number of oxazole rings is 1. The van der Waals surface area contributed by atoms with Gasteiger partial charge in [0.1, 0.15) is 5.52 Å². The predicted octanol–water partition coefficient (Wildman–Crippen LogP) is 6.89. The highest BCUT2D eigenvalue weighted by Gasteiger charge is 2.51. The Balaban J connectivity index is 1.58. The molecule has 0 atom stereocenters. The number of para-hydroxylation sites is 2. The van der Waals surface area contributed by atoms with Crippen LogP contribution in [-0.4, -0.2) is 27.9 Å². The summed E-state index contributed by atoms with van der Waals surface area (Å²) >= 11 is 0. The van der Waals surface area contributed by atoms with E-state index in [0.29, 0.717) is 0 Å². The van der Waals surface area contributed by atoms with Gasteiger partial charge in [-0.3, -0.25) is 0 Å². The van der Waals surface area contributed by atoms with Gasteiger partial charge in [-0.25, -0.2) is 4.98 Å². The lowest BCUT2D eigenvalue weighted by molar-refractivity contribution is 0.00578. The van der Waals surface area contributed by atoms with Crippen LogP contribution in [0.4, 0.5) is 0 Å². The van der Waals surface area contributed by atoms with Crippen molar-refractivity contribution in [2.45, 2.75) is 38.9 Å². The minimum atomic E-state index is -1.22. The zero-order valence-corrected chi connectivity index (χ0v) is 20.2. The highest BCUT2D eigenvalue weighted by molar-refractivity contribution is 6.62. The second-order valence-corrected chi connectivity index (χ2v) is 9.58. The summed E-state index contributed by atoms with van der Waals surface area (Å²) in [5.41, 5.74) is -4.30. The summed E-state index contributed by atoms with van der Waals surface area (Å²) in [5, 5.41) is -0.625. The standard InChI is InChI=1S/C31H27BN2O3/c1-30(2)31(3,4)37-32(36-30)21-16-17-28-25(19-21)33-29(35-28)20-10-9-11-22(18-20)34-26-14-7-5-12-23(26)24-13-6-8-15-27(24)34/h5-19H,1-4H3/i5D,6D,7D,8D,9D,10D,11D,12D,13D,14D,15D,16D,17D,18D,19D. The van der Waals surface area contributed by atoms with Crippen LogP contribution in [0.25, 0.3) is 50.0 Å². The zero-order chi connectivity index (χ0) is 38.4. The van der Waals surface area contributed by atoms with Crippen molar-refractivity contribution in [2.75, 3.05) is 0 Å². The highest BCUT2D eigenvalue weighted by Crippen LogP contribution is 2.37. The number of rotatable bonds is 3. The number of benzene rings is 4. The first-order valence-corrected chi connectivity index (χ1v) is 11.4. The van der Waals surface area contributed by atoms with E-state index < -0.39 is 131 Å². The Morgan fingerprint density at radius 2 is 1.41 bits per heavy atom. The molecule has 1 aliphatic heterocycles. The van der Waals surface area contributed by atoms with E-state index in [1.54, 1.807) is 27.7 Å². The van der Waals surface area contributed by atoms with Gasteiger partial charge in [0.25, 0.3) is 0 Å². The Kier molecular flexibility index (Phi) is 2.47. The minimum absolute atomic E-state index is 0.106. The number of aromatic nitrogens is 2. The van der Waals surface area contributed by atoms with E-state index in [-0.39, 0.29) is 33.4 Å². The van der Waals surface area contributed by atoms with Crippen molar-refractivity contribution < 1.29 is 34.3 Å². The van der Waals surface area contributed by atoms with Crippen molar-refractivity contribution in [1.82, 2.24) is 9.55 Å². The predicted molar refractivity (Wildman–Crippen MR) is 149 cm³/mol. The molecular weight excluding hydrogens is 459 g/mol. The molecule has 182 valence electrons. The van der Waals surface area contributed by atoms with E-state index in [1.165, 1.54) is 0 Å². The summed E-state index contributed by atoms with van der Waals surface area (Å²) in [7, 11) is -1.22. The third-order valence-electron chi connectivity index (χ3n) is 6.76. The third-order valence-corrected chi connectivity index (χ3v) is 6.76. The van der Waals surface area contributed by atoms with Gasteiger partial charge < -0.3 is 18.3 Å². The first kappa shape index (κ1) is 11.7. The molecule has 5 nitrogen and oxygen atoms in total. The number of nitrogens with zero attached hydrogens (tertiary/aromatic N) is 2. The van der Waals surface area contributed by atoms with Crippen molar-refractivity contribution in [2.24, 2.45) is 0 Å². The van der Waals surface area contributed by atoms with Crippen LogP contribution in [0, 0.1) is 0 Å². The normalized spacial score (nSPS) is 22.5. The maximum Gasteiger partial charge on any atom is 0.494 e. The molecule has 0 bridgehead atoms. The first-order valence-electron chi connectivity index (χ1n) is 18.9. The second kappa shape index (κ2) is 7.82. The fourth-order valence-electron chi connectivity index (χ4n) is 4.16. The Morgan fingerprint density at radius 1 is 0.757 bits per heavy atom. The van der Waals surface area contributed by atoms with E-state index in [1.807, 2.05) is 0 Å². The van der Waals surface area contributed by atoms with E-state index in [4.69, 9.17) is 32.9 Å². The Bertz CT molecular complexity index is 2520. The van der Waals surface area contributed by atoms with Crippen LogP contribution in [-0.2, 0) is 9.31 Å². The fraction of sp³-hybridized carbons (Fsp3) is 0.194. The monoisotopic (exact) mass is 501 g/mol. The van der Waals surface area contributed by atoms with E-state index >= 15 is 0 Å². The topological polar surface area (TPSA) is 49.4 Å². The zero-order valence-electron chi connectivity index (χ0n) is 35.2. The van der Waals surface area contributed by atoms with Gasteiger partial charge in [0.05, 0.1) is 42.8 Å². The molecule has 6 aromatic rings. The Labute approximate surface area is 236 Å². The Hall–Kier alpha value is -3.87. The molecule has 1 aliphatic rings. The largest absolute Gasteiger partial charge is 0.494 e. The van der Waals surface area contributed by atoms with Crippen LogP contribution in [0.3, 0.4) is 0 Å². The lowest BCUT2D eigenvalue weighted by Crippen LogP contribution is -2.41. The van der Waals surface area contributed by atoms with Crippen molar-refractivity contribution in [3.05, 3.63) is 90.6 Å². The number of hydrogen-bond acceptors (Lipinski definition) is 4. The summed E-state index contributed by atoms with van der Waals surface area (Å²) in [6.07, 6.45) is 0. The number of fused-ring (bicyclic) bond motifs is 4. The molecule has 0 unspecified atom stereocenters. The van der Waals surface area contributed by atoms with Crippen molar-refractivity contribution in [3.63, 3.8) is 0 Å². The highest BCUT2D eigenvalue weighted by atomic mass is 16.7. The maximum atomic E-state index is 9.32. The molecule has 0 aliphatic carbocycles. The van der Waals surface area contributed by atoms with Crippen LogP contribution in [0.2, 0.25) is 0 Å². The molecule has 2 aromatic heterocycles. The van der Waals surface area contributed by atoms with Crippen molar-refractivity contribution in [3.8, 4) is 17.1 Å². The van der Waals surface area contributed by atoms with Crippen LogP contribution in [0.5, 0.6) is 0 Å². The summed E-state index contributed by atoms with van der Waals surface area (Å²) in [5.74, 6) is -0.545.